The van der Waals surface area contributed by atoms with E-state index in [0.29, 0.717) is 11.1 Å². The molecule has 0 fully saturated rings. The van der Waals surface area contributed by atoms with Crippen molar-refractivity contribution in [2.24, 2.45) is 0 Å². The average molecular weight is 332 g/mol. The molecule has 23 heavy (non-hydrogen) atoms. The van der Waals surface area contributed by atoms with Crippen LogP contribution in [0.25, 0.3) is 0 Å². The van der Waals surface area contributed by atoms with E-state index < -0.39 is 10.0 Å². The summed E-state index contributed by atoms with van der Waals surface area (Å²) in [5.41, 5.74) is 2.10. The lowest BCUT2D eigenvalue weighted by atomic mass is 10.1. The summed E-state index contributed by atoms with van der Waals surface area (Å²) in [6.45, 7) is 2.06. The highest BCUT2D eigenvalue weighted by Gasteiger charge is 2.20. The van der Waals surface area contributed by atoms with E-state index in [9.17, 15) is 13.2 Å². The Morgan fingerprint density at radius 3 is 2.43 bits per heavy atom. The van der Waals surface area contributed by atoms with Crippen LogP contribution in [0.4, 0.5) is 0 Å². The van der Waals surface area contributed by atoms with Crippen LogP contribution in [0.5, 0.6) is 0 Å². The third-order valence-corrected chi connectivity index (χ3v) is 5.37. The molecule has 0 heterocycles. The van der Waals surface area contributed by atoms with Gasteiger partial charge >= 0.3 is 0 Å². The molecule has 0 bridgehead atoms. The minimum atomic E-state index is -3.54. The third kappa shape index (κ3) is 3.97. The van der Waals surface area contributed by atoms with Gasteiger partial charge in [-0.1, -0.05) is 35.9 Å². The molecule has 2 aromatic carbocycles. The first-order valence-corrected chi connectivity index (χ1v) is 8.61. The van der Waals surface area contributed by atoms with E-state index >= 15 is 0 Å². The van der Waals surface area contributed by atoms with Crippen LogP contribution < -0.4 is 5.32 Å². The van der Waals surface area contributed by atoms with Crippen molar-refractivity contribution in [1.29, 1.82) is 0 Å². The SMILES string of the molecule is Cc1cccc(C(=O)NCc2ccccc2S(=O)(=O)N(C)C)c1. The van der Waals surface area contributed by atoms with Gasteiger partial charge < -0.3 is 5.32 Å². The number of benzene rings is 2. The quantitative estimate of drug-likeness (QED) is 0.912. The fraction of sp³-hybridized carbons (Fsp3) is 0.235. The molecule has 5 nitrogen and oxygen atoms in total. The highest BCUT2D eigenvalue weighted by Crippen LogP contribution is 2.18. The Morgan fingerprint density at radius 1 is 1.09 bits per heavy atom. The topological polar surface area (TPSA) is 66.5 Å². The smallest absolute Gasteiger partial charge is 0.251 e. The molecule has 0 saturated heterocycles. The van der Waals surface area contributed by atoms with E-state index in [1.54, 1.807) is 36.4 Å². The molecular weight excluding hydrogens is 312 g/mol. The molecule has 2 aromatic rings. The summed E-state index contributed by atoms with van der Waals surface area (Å²) in [6, 6.07) is 13.9. The number of carbonyl (C=O) groups excluding carboxylic acids is 1. The molecular formula is C17H20N2O3S. The molecule has 0 unspecified atom stereocenters. The average Bonchev–Trinajstić information content (AvgIpc) is 2.52. The van der Waals surface area contributed by atoms with Crippen molar-refractivity contribution in [3.63, 3.8) is 0 Å². The number of carbonyl (C=O) groups is 1. The van der Waals surface area contributed by atoms with Gasteiger partial charge in [-0.3, -0.25) is 4.79 Å². The van der Waals surface area contributed by atoms with Crippen LogP contribution in [0.1, 0.15) is 21.5 Å². The number of sulfonamides is 1. The van der Waals surface area contributed by atoms with Crippen LogP contribution in [-0.4, -0.2) is 32.7 Å². The maximum Gasteiger partial charge on any atom is 0.251 e. The summed E-state index contributed by atoms with van der Waals surface area (Å²) in [7, 11) is -0.578. The van der Waals surface area contributed by atoms with Crippen molar-refractivity contribution in [1.82, 2.24) is 9.62 Å². The highest BCUT2D eigenvalue weighted by molar-refractivity contribution is 7.89. The molecule has 0 radical (unpaired) electrons. The molecule has 122 valence electrons. The summed E-state index contributed by atoms with van der Waals surface area (Å²) in [6.07, 6.45) is 0. The predicted octanol–water partition coefficient (Wildman–Crippen LogP) is 2.18. The summed E-state index contributed by atoms with van der Waals surface area (Å²) >= 11 is 0. The lowest BCUT2D eigenvalue weighted by molar-refractivity contribution is 0.0950. The molecule has 1 amide bonds. The molecule has 0 aliphatic carbocycles. The van der Waals surface area contributed by atoms with Gasteiger partial charge in [0, 0.05) is 26.2 Å². The van der Waals surface area contributed by atoms with Crippen molar-refractivity contribution < 1.29 is 13.2 Å². The second-order valence-corrected chi connectivity index (χ2v) is 7.57. The van der Waals surface area contributed by atoms with Gasteiger partial charge in [-0.05, 0) is 30.7 Å². The maximum atomic E-state index is 12.3. The van der Waals surface area contributed by atoms with Gasteiger partial charge in [0.25, 0.3) is 5.91 Å². The first-order valence-electron chi connectivity index (χ1n) is 7.17. The van der Waals surface area contributed by atoms with Gasteiger partial charge in [0.1, 0.15) is 0 Å². The number of nitrogens with one attached hydrogen (secondary N) is 1. The highest BCUT2D eigenvalue weighted by atomic mass is 32.2. The maximum absolute atomic E-state index is 12.3. The summed E-state index contributed by atoms with van der Waals surface area (Å²) in [5.74, 6) is -0.231. The Morgan fingerprint density at radius 2 is 1.78 bits per heavy atom. The van der Waals surface area contributed by atoms with Crippen LogP contribution in [0, 0.1) is 6.92 Å². The number of amides is 1. The summed E-state index contributed by atoms with van der Waals surface area (Å²) in [4.78, 5) is 12.4. The first kappa shape index (κ1) is 17.2. The minimum absolute atomic E-state index is 0.149. The fourth-order valence-corrected chi connectivity index (χ4v) is 3.28. The first-order chi connectivity index (χ1) is 10.8. The minimum Gasteiger partial charge on any atom is -0.348 e. The molecule has 0 aliphatic heterocycles. The number of rotatable bonds is 5. The Bertz CT molecular complexity index is 814. The predicted molar refractivity (Wildman–Crippen MR) is 89.7 cm³/mol. The van der Waals surface area contributed by atoms with Gasteiger partial charge in [0.2, 0.25) is 10.0 Å². The van der Waals surface area contributed by atoms with Gasteiger partial charge in [0.05, 0.1) is 4.90 Å². The fourth-order valence-electron chi connectivity index (χ4n) is 2.16. The van der Waals surface area contributed by atoms with E-state index in [0.717, 1.165) is 9.87 Å². The second-order valence-electron chi connectivity index (χ2n) is 5.45. The van der Waals surface area contributed by atoms with E-state index in [4.69, 9.17) is 0 Å². The Balaban J connectivity index is 2.20. The lowest BCUT2D eigenvalue weighted by Gasteiger charge is -2.15. The summed E-state index contributed by atoms with van der Waals surface area (Å²) in [5, 5.41) is 2.77. The zero-order valence-corrected chi connectivity index (χ0v) is 14.2. The number of hydrogen-bond acceptors (Lipinski definition) is 3. The van der Waals surface area contributed by atoms with Crippen molar-refractivity contribution in [3.8, 4) is 0 Å². The molecule has 0 spiro atoms. The third-order valence-electron chi connectivity index (χ3n) is 3.45. The molecule has 2 rings (SSSR count). The van der Waals surface area contributed by atoms with Crippen LogP contribution in [-0.2, 0) is 16.6 Å². The van der Waals surface area contributed by atoms with Gasteiger partial charge in [-0.15, -0.1) is 0 Å². The van der Waals surface area contributed by atoms with Gasteiger partial charge in [-0.2, -0.15) is 0 Å². The largest absolute Gasteiger partial charge is 0.348 e. The summed E-state index contributed by atoms with van der Waals surface area (Å²) < 4.78 is 25.8. The zero-order chi connectivity index (χ0) is 17.0. The number of hydrogen-bond donors (Lipinski definition) is 1. The molecule has 0 aliphatic rings. The number of nitrogens with zero attached hydrogens (tertiary/aromatic N) is 1. The normalized spacial score (nSPS) is 11.5. The van der Waals surface area contributed by atoms with Crippen LogP contribution >= 0.6 is 0 Å². The zero-order valence-electron chi connectivity index (χ0n) is 13.4. The van der Waals surface area contributed by atoms with E-state index in [1.165, 1.54) is 14.1 Å². The lowest BCUT2D eigenvalue weighted by Crippen LogP contribution is -2.27. The Labute approximate surface area is 137 Å². The van der Waals surface area contributed by atoms with Crippen LogP contribution in [0.2, 0.25) is 0 Å². The Hall–Kier alpha value is -2.18. The molecule has 0 aromatic heterocycles. The van der Waals surface area contributed by atoms with Crippen molar-refractivity contribution in [3.05, 3.63) is 65.2 Å². The van der Waals surface area contributed by atoms with Crippen LogP contribution in [0.3, 0.4) is 0 Å². The molecule has 6 heteroatoms. The van der Waals surface area contributed by atoms with Gasteiger partial charge in [-0.25, -0.2) is 12.7 Å². The monoisotopic (exact) mass is 332 g/mol. The van der Waals surface area contributed by atoms with E-state index in [1.807, 2.05) is 19.1 Å². The van der Waals surface area contributed by atoms with Gasteiger partial charge in [0.15, 0.2) is 0 Å². The molecule has 1 N–H and O–H groups in total. The second kappa shape index (κ2) is 6.93. The van der Waals surface area contributed by atoms with Crippen molar-refractivity contribution in [2.75, 3.05) is 14.1 Å². The van der Waals surface area contributed by atoms with Crippen molar-refractivity contribution in [2.45, 2.75) is 18.4 Å². The Kier molecular flexibility index (Phi) is 5.18. The molecule has 0 saturated carbocycles. The van der Waals surface area contributed by atoms with Crippen LogP contribution in [0.15, 0.2) is 53.4 Å². The molecule has 0 atom stereocenters. The number of aryl methyl sites for hydroxylation is 1. The standard InChI is InChI=1S/C17H20N2O3S/c1-13-7-6-9-14(11-13)17(20)18-12-15-8-4-5-10-16(15)23(21,22)19(2)3/h4-11H,12H2,1-3H3,(H,18,20). The van der Waals surface area contributed by atoms with E-state index in [2.05, 4.69) is 5.32 Å². The van der Waals surface area contributed by atoms with E-state index in [-0.39, 0.29) is 17.3 Å². The van der Waals surface area contributed by atoms with Crippen molar-refractivity contribution >= 4 is 15.9 Å².